The van der Waals surface area contributed by atoms with Crippen molar-refractivity contribution in [2.45, 2.75) is 44.4 Å². The largest absolute Gasteiger partial charge is 0.351 e. The Balaban J connectivity index is 1.74. The summed E-state index contributed by atoms with van der Waals surface area (Å²) in [5.74, 6) is 2.74. The van der Waals surface area contributed by atoms with E-state index in [0.29, 0.717) is 6.04 Å². The molecule has 3 nitrogen and oxygen atoms in total. The monoisotopic (exact) mass is 306 g/mol. The SMILES string of the molecule is C[C@H]1CC[C@H](N(CCSCc2ccccc2)C(N)=O)CC1. The van der Waals surface area contributed by atoms with Gasteiger partial charge in [-0.05, 0) is 37.2 Å². The van der Waals surface area contributed by atoms with E-state index < -0.39 is 0 Å². The van der Waals surface area contributed by atoms with Crippen LogP contribution in [0.1, 0.15) is 38.2 Å². The van der Waals surface area contributed by atoms with Crippen LogP contribution in [-0.4, -0.2) is 29.3 Å². The molecule has 1 aromatic rings. The van der Waals surface area contributed by atoms with E-state index in [9.17, 15) is 4.79 Å². The van der Waals surface area contributed by atoms with E-state index in [1.807, 2.05) is 22.7 Å². The maximum Gasteiger partial charge on any atom is 0.315 e. The molecule has 2 amide bonds. The van der Waals surface area contributed by atoms with Crippen molar-refractivity contribution in [2.24, 2.45) is 11.7 Å². The lowest BCUT2D eigenvalue weighted by atomic mass is 9.87. The van der Waals surface area contributed by atoms with Crippen LogP contribution in [0.25, 0.3) is 0 Å². The predicted octanol–water partition coefficient (Wildman–Crippen LogP) is 3.88. The smallest absolute Gasteiger partial charge is 0.315 e. The summed E-state index contributed by atoms with van der Waals surface area (Å²) >= 11 is 1.87. The summed E-state index contributed by atoms with van der Waals surface area (Å²) in [6.07, 6.45) is 4.64. The number of urea groups is 1. The number of nitrogens with two attached hydrogens (primary N) is 1. The first-order valence-corrected chi connectivity index (χ1v) is 9.00. The number of carbonyl (C=O) groups excluding carboxylic acids is 1. The fourth-order valence-electron chi connectivity index (χ4n) is 2.95. The number of nitrogens with zero attached hydrogens (tertiary/aromatic N) is 1. The Morgan fingerprint density at radius 1 is 1.24 bits per heavy atom. The Kier molecular flexibility index (Phi) is 6.43. The number of hydrogen-bond acceptors (Lipinski definition) is 2. The first kappa shape index (κ1) is 16.2. The Bertz CT molecular complexity index is 430. The van der Waals surface area contributed by atoms with Crippen LogP contribution in [0, 0.1) is 5.92 Å². The Morgan fingerprint density at radius 3 is 2.52 bits per heavy atom. The molecule has 2 rings (SSSR count). The highest BCUT2D eigenvalue weighted by Gasteiger charge is 2.25. The molecule has 0 atom stereocenters. The number of thioether (sulfide) groups is 1. The number of amides is 2. The highest BCUT2D eigenvalue weighted by Crippen LogP contribution is 2.27. The van der Waals surface area contributed by atoms with E-state index in [2.05, 4.69) is 31.2 Å². The molecule has 2 N–H and O–H groups in total. The third-order valence-electron chi connectivity index (χ3n) is 4.30. The molecule has 1 aliphatic rings. The van der Waals surface area contributed by atoms with E-state index in [4.69, 9.17) is 5.73 Å². The molecule has 0 radical (unpaired) electrons. The quantitative estimate of drug-likeness (QED) is 0.811. The van der Waals surface area contributed by atoms with Crippen LogP contribution >= 0.6 is 11.8 Å². The highest BCUT2D eigenvalue weighted by atomic mass is 32.2. The van der Waals surface area contributed by atoms with Crippen molar-refractivity contribution < 1.29 is 4.79 Å². The molecule has 0 bridgehead atoms. The fraction of sp³-hybridized carbons (Fsp3) is 0.588. The minimum atomic E-state index is -0.255. The maximum absolute atomic E-state index is 11.7. The van der Waals surface area contributed by atoms with Gasteiger partial charge in [0.05, 0.1) is 0 Å². The lowest BCUT2D eigenvalue weighted by molar-refractivity contribution is 0.158. The van der Waals surface area contributed by atoms with Gasteiger partial charge in [-0.2, -0.15) is 11.8 Å². The molecule has 116 valence electrons. The Hall–Kier alpha value is -1.16. The van der Waals surface area contributed by atoms with E-state index in [1.54, 1.807) is 0 Å². The summed E-state index contributed by atoms with van der Waals surface area (Å²) in [4.78, 5) is 13.6. The molecular weight excluding hydrogens is 280 g/mol. The predicted molar refractivity (Wildman–Crippen MR) is 90.3 cm³/mol. The summed E-state index contributed by atoms with van der Waals surface area (Å²) in [6, 6.07) is 10.5. The van der Waals surface area contributed by atoms with Gasteiger partial charge in [-0.25, -0.2) is 4.79 Å². The van der Waals surface area contributed by atoms with Gasteiger partial charge in [0.2, 0.25) is 0 Å². The number of benzene rings is 1. The molecule has 1 fully saturated rings. The van der Waals surface area contributed by atoms with Gasteiger partial charge >= 0.3 is 6.03 Å². The summed E-state index contributed by atoms with van der Waals surface area (Å²) < 4.78 is 0. The molecule has 0 heterocycles. The topological polar surface area (TPSA) is 46.3 Å². The van der Waals surface area contributed by atoms with Crippen molar-refractivity contribution in [2.75, 3.05) is 12.3 Å². The lowest BCUT2D eigenvalue weighted by Crippen LogP contribution is -2.46. The average Bonchev–Trinajstić information content (AvgIpc) is 2.49. The van der Waals surface area contributed by atoms with E-state index in [-0.39, 0.29) is 6.03 Å². The third-order valence-corrected chi connectivity index (χ3v) is 5.31. The number of rotatable bonds is 6. The van der Waals surface area contributed by atoms with Crippen LogP contribution in [-0.2, 0) is 5.75 Å². The molecule has 0 aliphatic heterocycles. The van der Waals surface area contributed by atoms with Gasteiger partial charge < -0.3 is 10.6 Å². The molecule has 1 aromatic carbocycles. The van der Waals surface area contributed by atoms with Crippen molar-refractivity contribution in [3.63, 3.8) is 0 Å². The van der Waals surface area contributed by atoms with E-state index >= 15 is 0 Å². The second-order valence-electron chi connectivity index (χ2n) is 5.98. The second kappa shape index (κ2) is 8.32. The summed E-state index contributed by atoms with van der Waals surface area (Å²) in [5.41, 5.74) is 6.91. The second-order valence-corrected chi connectivity index (χ2v) is 7.09. The van der Waals surface area contributed by atoms with Crippen LogP contribution in [0.5, 0.6) is 0 Å². The molecule has 21 heavy (non-hydrogen) atoms. The third kappa shape index (κ3) is 5.27. The van der Waals surface area contributed by atoms with Crippen molar-refractivity contribution in [3.05, 3.63) is 35.9 Å². The van der Waals surface area contributed by atoms with Crippen LogP contribution < -0.4 is 5.73 Å². The highest BCUT2D eigenvalue weighted by molar-refractivity contribution is 7.98. The Labute approximate surface area is 132 Å². The summed E-state index contributed by atoms with van der Waals surface area (Å²) in [5, 5.41) is 0. The zero-order valence-electron chi connectivity index (χ0n) is 12.8. The number of carbonyl (C=O) groups is 1. The van der Waals surface area contributed by atoms with Crippen molar-refractivity contribution in [3.8, 4) is 0 Å². The molecular formula is C17H26N2OS. The summed E-state index contributed by atoms with van der Waals surface area (Å²) in [7, 11) is 0. The summed E-state index contributed by atoms with van der Waals surface area (Å²) in [6.45, 7) is 3.06. The van der Waals surface area contributed by atoms with Crippen molar-refractivity contribution >= 4 is 17.8 Å². The molecule has 0 spiro atoms. The molecule has 1 aliphatic carbocycles. The number of hydrogen-bond donors (Lipinski definition) is 1. The first-order valence-electron chi connectivity index (χ1n) is 7.84. The molecule has 0 saturated heterocycles. The normalized spacial score (nSPS) is 22.0. The van der Waals surface area contributed by atoms with Gasteiger partial charge in [0, 0.05) is 24.1 Å². The van der Waals surface area contributed by atoms with Gasteiger partial charge in [0.1, 0.15) is 0 Å². The van der Waals surface area contributed by atoms with Gasteiger partial charge in [0.25, 0.3) is 0 Å². The van der Waals surface area contributed by atoms with Gasteiger partial charge in [-0.15, -0.1) is 0 Å². The molecule has 0 aromatic heterocycles. The van der Waals surface area contributed by atoms with Crippen molar-refractivity contribution in [1.29, 1.82) is 0 Å². The minimum absolute atomic E-state index is 0.255. The van der Waals surface area contributed by atoms with Crippen molar-refractivity contribution in [1.82, 2.24) is 4.90 Å². The lowest BCUT2D eigenvalue weighted by Gasteiger charge is -2.35. The minimum Gasteiger partial charge on any atom is -0.351 e. The molecule has 1 saturated carbocycles. The maximum atomic E-state index is 11.7. The zero-order chi connectivity index (χ0) is 15.1. The van der Waals surface area contributed by atoms with E-state index in [1.165, 1.54) is 18.4 Å². The average molecular weight is 306 g/mol. The number of primary amides is 1. The van der Waals surface area contributed by atoms with E-state index in [0.717, 1.165) is 36.8 Å². The molecule has 4 heteroatoms. The van der Waals surface area contributed by atoms with Gasteiger partial charge in [-0.1, -0.05) is 37.3 Å². The van der Waals surface area contributed by atoms with Crippen LogP contribution in [0.15, 0.2) is 30.3 Å². The van der Waals surface area contributed by atoms with Gasteiger partial charge in [0.15, 0.2) is 0 Å². The zero-order valence-corrected chi connectivity index (χ0v) is 13.6. The van der Waals surface area contributed by atoms with Crippen LogP contribution in [0.3, 0.4) is 0 Å². The van der Waals surface area contributed by atoms with Gasteiger partial charge in [-0.3, -0.25) is 0 Å². The first-order chi connectivity index (χ1) is 10.2. The Morgan fingerprint density at radius 2 is 1.90 bits per heavy atom. The fourth-order valence-corrected chi connectivity index (χ4v) is 3.85. The van der Waals surface area contributed by atoms with Crippen LogP contribution in [0.2, 0.25) is 0 Å². The standard InChI is InChI=1S/C17H26N2OS/c1-14-7-9-16(10-8-14)19(17(18)20)11-12-21-13-15-5-3-2-4-6-15/h2-6,14,16H,7-13H2,1H3,(H2,18,20)/t14-,16-. The van der Waals surface area contributed by atoms with Crippen LogP contribution in [0.4, 0.5) is 4.79 Å². The molecule has 0 unspecified atom stereocenters.